The van der Waals surface area contributed by atoms with Crippen molar-refractivity contribution in [3.05, 3.63) is 41.0 Å². The van der Waals surface area contributed by atoms with Crippen LogP contribution >= 0.6 is 22.9 Å². The first-order valence-corrected chi connectivity index (χ1v) is 12.9. The zero-order valence-corrected chi connectivity index (χ0v) is 21.9. The van der Waals surface area contributed by atoms with Crippen LogP contribution in [0.5, 0.6) is 0 Å². The average molecular weight is 505 g/mol. The van der Waals surface area contributed by atoms with E-state index < -0.39 is 23.4 Å². The standard InChI is InChI=1S/C25H33ClN4O3S/c1-15(17-8-10-18(11-9-17)21-16(2)27-14-34-21)28-23(32)19-7-6-12-30(19)24(33)22(25(3,4)5)29-20(31)13-26/h8-11,14-15,19,22H,6-7,12-13H2,1-5H3,(H,28,32)(H,29,31)/t15-,19-,22+/m0/s1. The van der Waals surface area contributed by atoms with Crippen LogP contribution in [0.1, 0.15) is 57.8 Å². The molecular weight excluding hydrogens is 472 g/mol. The third-order valence-electron chi connectivity index (χ3n) is 6.16. The van der Waals surface area contributed by atoms with E-state index in [0.717, 1.165) is 28.1 Å². The molecule has 1 fully saturated rings. The highest BCUT2D eigenvalue weighted by atomic mass is 35.5. The quantitative estimate of drug-likeness (QED) is 0.556. The molecule has 0 spiro atoms. The number of halogens is 1. The monoisotopic (exact) mass is 504 g/mol. The van der Waals surface area contributed by atoms with Crippen LogP contribution in [0.25, 0.3) is 10.4 Å². The summed E-state index contributed by atoms with van der Waals surface area (Å²) in [6.07, 6.45) is 1.33. The number of aromatic nitrogens is 1. The summed E-state index contributed by atoms with van der Waals surface area (Å²) in [5, 5.41) is 5.80. The summed E-state index contributed by atoms with van der Waals surface area (Å²) in [5.41, 5.74) is 4.40. The number of benzene rings is 1. The molecule has 1 aliphatic rings. The van der Waals surface area contributed by atoms with Crippen LogP contribution in [0, 0.1) is 12.3 Å². The SMILES string of the molecule is Cc1ncsc1-c1ccc([C@H](C)NC(=O)[C@@H]2CCCN2C(=O)[C@@H](NC(=O)CCl)C(C)(C)C)cc1. The smallest absolute Gasteiger partial charge is 0.246 e. The van der Waals surface area contributed by atoms with Crippen molar-refractivity contribution < 1.29 is 14.4 Å². The van der Waals surface area contributed by atoms with Crippen LogP contribution in [-0.2, 0) is 14.4 Å². The van der Waals surface area contributed by atoms with E-state index >= 15 is 0 Å². The molecule has 3 rings (SSSR count). The molecule has 34 heavy (non-hydrogen) atoms. The Morgan fingerprint density at radius 2 is 1.88 bits per heavy atom. The fraction of sp³-hybridized carbons (Fsp3) is 0.520. The first-order valence-electron chi connectivity index (χ1n) is 11.5. The van der Waals surface area contributed by atoms with Gasteiger partial charge in [0.2, 0.25) is 17.7 Å². The number of hydrogen-bond donors (Lipinski definition) is 2. The molecule has 0 aliphatic carbocycles. The van der Waals surface area contributed by atoms with E-state index in [0.29, 0.717) is 13.0 Å². The second-order valence-corrected chi connectivity index (χ2v) is 10.9. The van der Waals surface area contributed by atoms with Crippen molar-refractivity contribution in [1.82, 2.24) is 20.5 Å². The molecular formula is C25H33ClN4O3S. The number of likely N-dealkylation sites (tertiary alicyclic amines) is 1. The van der Waals surface area contributed by atoms with Gasteiger partial charge in [-0.1, -0.05) is 45.0 Å². The molecule has 2 heterocycles. The molecule has 0 radical (unpaired) electrons. The lowest BCUT2D eigenvalue weighted by molar-refractivity contribution is -0.143. The molecule has 1 aliphatic heterocycles. The van der Waals surface area contributed by atoms with Crippen LogP contribution in [0.4, 0.5) is 0 Å². The van der Waals surface area contributed by atoms with Crippen molar-refractivity contribution in [2.24, 2.45) is 5.41 Å². The van der Waals surface area contributed by atoms with Gasteiger partial charge in [0.15, 0.2) is 0 Å². The lowest BCUT2D eigenvalue weighted by Crippen LogP contribution is -2.58. The van der Waals surface area contributed by atoms with Gasteiger partial charge in [0, 0.05) is 6.54 Å². The molecule has 0 saturated carbocycles. The van der Waals surface area contributed by atoms with E-state index in [-0.39, 0.29) is 23.7 Å². The summed E-state index contributed by atoms with van der Waals surface area (Å²) in [5.74, 6) is -1.05. The second-order valence-electron chi connectivity index (χ2n) is 9.81. The topological polar surface area (TPSA) is 91.4 Å². The Kier molecular flexibility index (Phi) is 8.36. The Morgan fingerprint density at radius 1 is 1.21 bits per heavy atom. The summed E-state index contributed by atoms with van der Waals surface area (Å²) in [6.45, 7) is 10.1. The van der Waals surface area contributed by atoms with E-state index in [9.17, 15) is 14.4 Å². The Bertz CT molecular complexity index is 1030. The van der Waals surface area contributed by atoms with Gasteiger partial charge in [-0.3, -0.25) is 14.4 Å². The number of amides is 3. The van der Waals surface area contributed by atoms with Gasteiger partial charge in [0.25, 0.3) is 0 Å². The highest BCUT2D eigenvalue weighted by Gasteiger charge is 2.41. The van der Waals surface area contributed by atoms with Gasteiger partial charge >= 0.3 is 0 Å². The van der Waals surface area contributed by atoms with Gasteiger partial charge in [-0.05, 0) is 43.2 Å². The number of nitrogens with one attached hydrogen (secondary N) is 2. The molecule has 9 heteroatoms. The van der Waals surface area contributed by atoms with E-state index in [1.807, 2.05) is 64.4 Å². The predicted molar refractivity (Wildman–Crippen MR) is 136 cm³/mol. The van der Waals surface area contributed by atoms with Crippen LogP contribution < -0.4 is 10.6 Å². The van der Waals surface area contributed by atoms with E-state index in [4.69, 9.17) is 11.6 Å². The van der Waals surface area contributed by atoms with Crippen LogP contribution in [0.2, 0.25) is 0 Å². The zero-order valence-electron chi connectivity index (χ0n) is 20.4. The average Bonchev–Trinajstić information content (AvgIpc) is 3.45. The van der Waals surface area contributed by atoms with Crippen molar-refractivity contribution >= 4 is 40.7 Å². The molecule has 184 valence electrons. The molecule has 0 unspecified atom stereocenters. The summed E-state index contributed by atoms with van der Waals surface area (Å²) < 4.78 is 0. The van der Waals surface area contributed by atoms with E-state index in [2.05, 4.69) is 15.6 Å². The van der Waals surface area contributed by atoms with Gasteiger partial charge < -0.3 is 15.5 Å². The highest BCUT2D eigenvalue weighted by molar-refractivity contribution is 7.13. The molecule has 1 aromatic heterocycles. The van der Waals surface area contributed by atoms with Gasteiger partial charge in [-0.2, -0.15) is 0 Å². The maximum atomic E-state index is 13.4. The third-order valence-corrected chi connectivity index (χ3v) is 7.38. The fourth-order valence-electron chi connectivity index (χ4n) is 4.21. The maximum absolute atomic E-state index is 13.4. The minimum atomic E-state index is -0.757. The first kappa shape index (κ1) is 26.2. The minimum absolute atomic E-state index is 0.183. The Hall–Kier alpha value is -2.45. The Labute approximate surface area is 210 Å². The molecule has 1 saturated heterocycles. The molecule has 0 bridgehead atoms. The number of alkyl halides is 1. The maximum Gasteiger partial charge on any atom is 0.246 e. The predicted octanol–water partition coefficient (Wildman–Crippen LogP) is 4.06. The van der Waals surface area contributed by atoms with E-state index in [1.54, 1.807) is 16.2 Å². The summed E-state index contributed by atoms with van der Waals surface area (Å²) in [7, 11) is 0. The molecule has 3 amide bonds. The Balaban J connectivity index is 1.69. The third kappa shape index (κ3) is 5.96. The van der Waals surface area contributed by atoms with Gasteiger partial charge in [0.1, 0.15) is 18.0 Å². The van der Waals surface area contributed by atoms with Crippen molar-refractivity contribution in [1.29, 1.82) is 0 Å². The van der Waals surface area contributed by atoms with Gasteiger partial charge in [-0.15, -0.1) is 22.9 Å². The molecule has 3 atom stereocenters. The van der Waals surface area contributed by atoms with Gasteiger partial charge in [-0.25, -0.2) is 4.98 Å². The van der Waals surface area contributed by atoms with Gasteiger partial charge in [0.05, 0.1) is 22.1 Å². The fourth-order valence-corrected chi connectivity index (χ4v) is 5.10. The van der Waals surface area contributed by atoms with Crippen molar-refractivity contribution in [3.8, 4) is 10.4 Å². The van der Waals surface area contributed by atoms with Crippen LogP contribution in [-0.4, -0.2) is 52.1 Å². The number of aryl methyl sites for hydroxylation is 1. The van der Waals surface area contributed by atoms with Crippen LogP contribution in [0.15, 0.2) is 29.8 Å². The number of carbonyl (C=O) groups is 3. The lowest BCUT2D eigenvalue weighted by atomic mass is 9.85. The summed E-state index contributed by atoms with van der Waals surface area (Å²) >= 11 is 7.25. The molecule has 2 aromatic rings. The summed E-state index contributed by atoms with van der Waals surface area (Å²) in [6, 6.07) is 6.56. The molecule has 2 N–H and O–H groups in total. The molecule has 7 nitrogen and oxygen atoms in total. The minimum Gasteiger partial charge on any atom is -0.348 e. The number of thiazole rings is 1. The highest BCUT2D eigenvalue weighted by Crippen LogP contribution is 2.29. The van der Waals surface area contributed by atoms with Crippen molar-refractivity contribution in [2.75, 3.05) is 12.4 Å². The lowest BCUT2D eigenvalue weighted by Gasteiger charge is -2.35. The van der Waals surface area contributed by atoms with E-state index in [1.165, 1.54) is 0 Å². The first-order chi connectivity index (χ1) is 16.0. The van der Waals surface area contributed by atoms with Crippen molar-refractivity contribution in [3.63, 3.8) is 0 Å². The number of carbonyl (C=O) groups excluding carboxylic acids is 3. The Morgan fingerprint density at radius 3 is 2.44 bits per heavy atom. The summed E-state index contributed by atoms with van der Waals surface area (Å²) in [4.78, 5) is 45.5. The normalized spacial score (nSPS) is 17.8. The second kappa shape index (κ2) is 10.9. The number of hydrogen-bond acceptors (Lipinski definition) is 5. The molecule has 1 aromatic carbocycles. The number of nitrogens with zero attached hydrogens (tertiary/aromatic N) is 2. The zero-order chi connectivity index (χ0) is 25.0. The van der Waals surface area contributed by atoms with Crippen LogP contribution in [0.3, 0.4) is 0 Å². The number of rotatable bonds is 7. The largest absolute Gasteiger partial charge is 0.348 e. The van der Waals surface area contributed by atoms with Crippen molar-refractivity contribution in [2.45, 2.75) is 65.6 Å².